The van der Waals surface area contributed by atoms with Crippen molar-refractivity contribution in [3.63, 3.8) is 0 Å². The molecule has 3 unspecified atom stereocenters. The predicted octanol–water partition coefficient (Wildman–Crippen LogP) is 2.24. The topological polar surface area (TPSA) is 3.24 Å². The van der Waals surface area contributed by atoms with Crippen LogP contribution in [0.25, 0.3) is 0 Å². The molecule has 0 aliphatic carbocycles. The van der Waals surface area contributed by atoms with Crippen molar-refractivity contribution in [2.75, 3.05) is 0 Å². The molecule has 1 heterocycles. The maximum atomic E-state index is 2.91. The Labute approximate surface area is 93.8 Å². The van der Waals surface area contributed by atoms with Crippen LogP contribution in [0.2, 0.25) is 25.2 Å². The van der Waals surface area contributed by atoms with E-state index >= 15 is 0 Å². The molecule has 0 aromatic rings. The Bertz CT molecular complexity index is 153. The lowest BCUT2D eigenvalue weighted by Gasteiger charge is -2.43. The van der Waals surface area contributed by atoms with Crippen LogP contribution >= 0.6 is 0 Å². The van der Waals surface area contributed by atoms with Gasteiger partial charge in [0.05, 0.1) is 0 Å². The van der Waals surface area contributed by atoms with E-state index < -0.39 is 8.96 Å². The second-order valence-corrected chi connectivity index (χ2v) is 9.65. The standard InChI is InChI=1S/C11H27NSi2/c1-10-6-5-7-11(2)12(10)14(4)9-8-13-3/h10-11,14H,5-9,13H2,1-4H3. The van der Waals surface area contributed by atoms with Gasteiger partial charge in [-0.2, -0.15) is 0 Å². The second kappa shape index (κ2) is 6.08. The Balaban J connectivity index is 2.45. The first kappa shape index (κ1) is 12.5. The summed E-state index contributed by atoms with van der Waals surface area (Å²) in [6.07, 6.45) is 4.36. The normalized spacial score (nSPS) is 32.6. The SMILES string of the molecule is C[SiH2]CC[SiH](C)N1C(C)CCCC1C. The molecule has 0 amide bonds. The Morgan fingerprint density at radius 1 is 1.29 bits per heavy atom. The minimum atomic E-state index is -0.549. The average Bonchev–Trinajstić information content (AvgIpc) is 2.14. The zero-order chi connectivity index (χ0) is 10.6. The minimum Gasteiger partial charge on any atom is -0.322 e. The third-order valence-corrected chi connectivity index (χ3v) is 8.96. The van der Waals surface area contributed by atoms with Gasteiger partial charge in [-0.25, -0.2) is 0 Å². The molecule has 0 spiro atoms. The second-order valence-electron chi connectivity index (χ2n) is 5.07. The van der Waals surface area contributed by atoms with E-state index in [-0.39, 0.29) is 0 Å². The van der Waals surface area contributed by atoms with Crippen LogP contribution in [-0.2, 0) is 0 Å². The number of piperidine rings is 1. The summed E-state index contributed by atoms with van der Waals surface area (Å²) in [4.78, 5) is 0. The highest BCUT2D eigenvalue weighted by Gasteiger charge is 2.28. The first-order valence-electron chi connectivity index (χ1n) is 6.44. The fraction of sp³-hybridized carbons (Fsp3) is 1.00. The van der Waals surface area contributed by atoms with Crippen LogP contribution < -0.4 is 0 Å². The molecule has 1 aliphatic rings. The quantitative estimate of drug-likeness (QED) is 0.668. The van der Waals surface area contributed by atoms with Crippen molar-refractivity contribution >= 4 is 18.5 Å². The molecule has 0 bridgehead atoms. The van der Waals surface area contributed by atoms with Gasteiger partial charge in [0.15, 0.2) is 0 Å². The van der Waals surface area contributed by atoms with Gasteiger partial charge in [-0.15, -0.1) is 0 Å². The van der Waals surface area contributed by atoms with Crippen molar-refractivity contribution in [3.05, 3.63) is 0 Å². The molecule has 84 valence electrons. The molecule has 1 rings (SSSR count). The van der Waals surface area contributed by atoms with Crippen LogP contribution in [0.5, 0.6) is 0 Å². The van der Waals surface area contributed by atoms with Crippen molar-refractivity contribution in [2.24, 2.45) is 0 Å². The summed E-state index contributed by atoms with van der Waals surface area (Å²) in [6, 6.07) is 4.94. The Morgan fingerprint density at radius 3 is 2.36 bits per heavy atom. The van der Waals surface area contributed by atoms with Gasteiger partial charge < -0.3 is 4.57 Å². The smallest absolute Gasteiger partial charge is 0.109 e. The van der Waals surface area contributed by atoms with Crippen LogP contribution in [-0.4, -0.2) is 35.1 Å². The maximum Gasteiger partial charge on any atom is 0.109 e. The third-order valence-electron chi connectivity index (χ3n) is 3.75. The lowest BCUT2D eigenvalue weighted by molar-refractivity contribution is 0.200. The molecular weight excluding hydrogens is 202 g/mol. The van der Waals surface area contributed by atoms with Gasteiger partial charge in [-0.05, 0) is 12.8 Å². The number of rotatable bonds is 4. The van der Waals surface area contributed by atoms with Crippen molar-refractivity contribution in [1.29, 1.82) is 0 Å². The van der Waals surface area contributed by atoms with E-state index in [1.165, 1.54) is 19.3 Å². The van der Waals surface area contributed by atoms with Crippen molar-refractivity contribution in [2.45, 2.75) is 70.4 Å². The average molecular weight is 230 g/mol. The van der Waals surface area contributed by atoms with Gasteiger partial charge in [-0.1, -0.05) is 45.5 Å². The first-order valence-corrected chi connectivity index (χ1v) is 11.3. The summed E-state index contributed by atoms with van der Waals surface area (Å²) in [5, 5.41) is 0. The Hall–Kier alpha value is 0.394. The van der Waals surface area contributed by atoms with Crippen LogP contribution in [0.15, 0.2) is 0 Å². The van der Waals surface area contributed by atoms with Crippen LogP contribution in [0.3, 0.4) is 0 Å². The molecule has 1 fully saturated rings. The van der Waals surface area contributed by atoms with Gasteiger partial charge in [0.25, 0.3) is 0 Å². The lowest BCUT2D eigenvalue weighted by atomic mass is 10.0. The first-order chi connectivity index (χ1) is 6.66. The van der Waals surface area contributed by atoms with E-state index in [0.29, 0.717) is 9.52 Å². The fourth-order valence-corrected chi connectivity index (χ4v) is 9.29. The molecule has 1 nitrogen and oxygen atoms in total. The van der Waals surface area contributed by atoms with Gasteiger partial charge in [0, 0.05) is 21.6 Å². The van der Waals surface area contributed by atoms with Gasteiger partial charge >= 0.3 is 0 Å². The summed E-state index contributed by atoms with van der Waals surface area (Å²) in [5.74, 6) is 0. The molecule has 1 aliphatic heterocycles. The number of hydrogen-bond acceptors (Lipinski definition) is 1. The predicted molar refractivity (Wildman–Crippen MR) is 71.6 cm³/mol. The minimum absolute atomic E-state index is 0.310. The summed E-state index contributed by atoms with van der Waals surface area (Å²) < 4.78 is 2.91. The molecule has 14 heavy (non-hydrogen) atoms. The maximum absolute atomic E-state index is 2.91. The lowest BCUT2D eigenvalue weighted by Crippen LogP contribution is -2.51. The number of hydrogen-bond donors (Lipinski definition) is 0. The molecule has 0 saturated carbocycles. The zero-order valence-electron chi connectivity index (χ0n) is 10.4. The summed E-state index contributed by atoms with van der Waals surface area (Å²) in [5.41, 5.74) is 0. The van der Waals surface area contributed by atoms with Gasteiger partial charge in [-0.3, -0.25) is 0 Å². The number of nitrogens with zero attached hydrogens (tertiary/aromatic N) is 1. The Kier molecular flexibility index (Phi) is 5.41. The highest BCUT2D eigenvalue weighted by Crippen LogP contribution is 2.25. The van der Waals surface area contributed by atoms with Gasteiger partial charge in [0.2, 0.25) is 0 Å². The molecular formula is C11H27NSi2. The van der Waals surface area contributed by atoms with E-state index in [1.807, 2.05) is 0 Å². The van der Waals surface area contributed by atoms with Crippen LogP contribution in [0, 0.1) is 0 Å². The summed E-state index contributed by atoms with van der Waals surface area (Å²) in [7, 11) is -0.239. The molecule has 1 saturated heterocycles. The monoisotopic (exact) mass is 229 g/mol. The summed E-state index contributed by atoms with van der Waals surface area (Å²) in [6.45, 7) is 9.91. The molecule has 3 heteroatoms. The van der Waals surface area contributed by atoms with Gasteiger partial charge in [0.1, 0.15) is 8.96 Å². The zero-order valence-corrected chi connectivity index (χ0v) is 13.0. The molecule has 0 N–H and O–H groups in total. The fourth-order valence-electron chi connectivity index (χ4n) is 2.96. The molecule has 0 aromatic carbocycles. The third kappa shape index (κ3) is 3.21. The van der Waals surface area contributed by atoms with E-state index in [1.54, 1.807) is 12.1 Å². The van der Waals surface area contributed by atoms with Crippen LogP contribution in [0.1, 0.15) is 33.1 Å². The largest absolute Gasteiger partial charge is 0.322 e. The van der Waals surface area contributed by atoms with Crippen molar-refractivity contribution < 1.29 is 0 Å². The van der Waals surface area contributed by atoms with E-state index in [9.17, 15) is 0 Å². The van der Waals surface area contributed by atoms with Crippen molar-refractivity contribution in [1.82, 2.24) is 4.57 Å². The van der Waals surface area contributed by atoms with E-state index in [2.05, 4.69) is 31.5 Å². The van der Waals surface area contributed by atoms with Crippen molar-refractivity contribution in [3.8, 4) is 0 Å². The molecule has 3 atom stereocenters. The summed E-state index contributed by atoms with van der Waals surface area (Å²) >= 11 is 0. The van der Waals surface area contributed by atoms with E-state index in [0.717, 1.165) is 12.1 Å². The molecule has 0 aromatic heterocycles. The molecule has 0 radical (unpaired) electrons. The van der Waals surface area contributed by atoms with E-state index in [4.69, 9.17) is 0 Å². The Morgan fingerprint density at radius 2 is 1.86 bits per heavy atom. The highest BCUT2D eigenvalue weighted by atomic mass is 28.3. The highest BCUT2D eigenvalue weighted by molar-refractivity contribution is 6.56. The van der Waals surface area contributed by atoms with Crippen LogP contribution in [0.4, 0.5) is 0 Å².